The topological polar surface area (TPSA) is 58.6 Å². The number of carbonyl (C=O) groups excluding carboxylic acids is 2. The lowest BCUT2D eigenvalue weighted by molar-refractivity contribution is -0.121. The van der Waals surface area contributed by atoms with Gasteiger partial charge >= 0.3 is 0 Å². The lowest BCUT2D eigenvalue weighted by Crippen LogP contribution is -2.39. The van der Waals surface area contributed by atoms with Crippen molar-refractivity contribution in [2.45, 2.75) is 0 Å². The van der Waals surface area contributed by atoms with E-state index in [0.717, 1.165) is 0 Å². The summed E-state index contributed by atoms with van der Waals surface area (Å²) < 4.78 is 4.81. The number of methoxy groups -OCH3 is 1. The van der Waals surface area contributed by atoms with Crippen LogP contribution >= 0.6 is 11.3 Å². The summed E-state index contributed by atoms with van der Waals surface area (Å²) in [6.45, 7) is 0.977. The van der Waals surface area contributed by atoms with Gasteiger partial charge < -0.3 is 15.0 Å². The van der Waals surface area contributed by atoms with E-state index < -0.39 is 0 Å². The van der Waals surface area contributed by atoms with Gasteiger partial charge in [-0.1, -0.05) is 6.07 Å². The number of amides is 2. The van der Waals surface area contributed by atoms with Crippen LogP contribution in [0.25, 0.3) is 0 Å². The Bertz CT molecular complexity index is 365. The molecule has 0 unspecified atom stereocenters. The van der Waals surface area contributed by atoms with E-state index in [9.17, 15) is 9.59 Å². The fraction of sp³-hybridized carbons (Fsp3) is 0.455. The molecule has 6 heteroatoms. The first kappa shape index (κ1) is 13.7. The molecule has 0 saturated carbocycles. The third-order valence-electron chi connectivity index (χ3n) is 2.09. The fourth-order valence-corrected chi connectivity index (χ4v) is 1.94. The Kier molecular flexibility index (Phi) is 5.65. The number of nitrogens with zero attached hydrogens (tertiary/aromatic N) is 1. The normalized spacial score (nSPS) is 10.0. The van der Waals surface area contributed by atoms with Crippen molar-refractivity contribution in [1.29, 1.82) is 0 Å². The van der Waals surface area contributed by atoms with Crippen molar-refractivity contribution in [2.24, 2.45) is 0 Å². The highest BCUT2D eigenvalue weighted by Gasteiger charge is 2.15. The molecule has 0 aliphatic rings. The molecule has 0 aliphatic heterocycles. The van der Waals surface area contributed by atoms with Crippen LogP contribution in [0.3, 0.4) is 0 Å². The average molecular weight is 256 g/mol. The van der Waals surface area contributed by atoms with E-state index in [1.807, 2.05) is 11.4 Å². The Morgan fingerprint density at radius 2 is 2.29 bits per heavy atom. The number of rotatable bonds is 6. The summed E-state index contributed by atoms with van der Waals surface area (Å²) >= 11 is 1.37. The molecule has 94 valence electrons. The lowest BCUT2D eigenvalue weighted by Gasteiger charge is -2.15. The van der Waals surface area contributed by atoms with Crippen LogP contribution in [-0.4, -0.2) is 50.6 Å². The number of ether oxygens (including phenoxy) is 1. The summed E-state index contributed by atoms with van der Waals surface area (Å²) in [6.07, 6.45) is 0. The second-order valence-corrected chi connectivity index (χ2v) is 4.43. The molecule has 0 atom stereocenters. The number of nitrogens with one attached hydrogen (secondary N) is 1. The minimum atomic E-state index is -0.186. The highest BCUT2D eigenvalue weighted by atomic mass is 32.1. The average Bonchev–Trinajstić information content (AvgIpc) is 2.81. The van der Waals surface area contributed by atoms with E-state index in [1.54, 1.807) is 20.2 Å². The molecular formula is C11H16N2O3S. The van der Waals surface area contributed by atoms with Gasteiger partial charge in [0.15, 0.2) is 0 Å². The highest BCUT2D eigenvalue weighted by molar-refractivity contribution is 7.12. The number of thiophene rings is 1. The predicted octanol–water partition coefficient (Wildman–Crippen LogP) is 0.583. The predicted molar refractivity (Wildman–Crippen MR) is 66.2 cm³/mol. The first-order valence-corrected chi connectivity index (χ1v) is 6.07. The van der Waals surface area contributed by atoms with Crippen molar-refractivity contribution < 1.29 is 14.3 Å². The molecule has 1 N–H and O–H groups in total. The monoisotopic (exact) mass is 256 g/mol. The van der Waals surface area contributed by atoms with Crippen molar-refractivity contribution in [3.8, 4) is 0 Å². The summed E-state index contributed by atoms with van der Waals surface area (Å²) in [4.78, 5) is 25.3. The Morgan fingerprint density at radius 1 is 1.53 bits per heavy atom. The van der Waals surface area contributed by atoms with E-state index in [0.29, 0.717) is 18.0 Å². The number of carbonyl (C=O) groups is 2. The lowest BCUT2D eigenvalue weighted by atomic mass is 10.4. The van der Waals surface area contributed by atoms with Gasteiger partial charge in [-0.15, -0.1) is 11.3 Å². The Hall–Kier alpha value is -1.40. The highest BCUT2D eigenvalue weighted by Crippen LogP contribution is 2.10. The van der Waals surface area contributed by atoms with Gasteiger partial charge in [0.1, 0.15) is 0 Å². The van der Waals surface area contributed by atoms with Gasteiger partial charge in [0.05, 0.1) is 18.0 Å². The second-order valence-electron chi connectivity index (χ2n) is 3.48. The van der Waals surface area contributed by atoms with Gasteiger partial charge in [-0.2, -0.15) is 0 Å². The number of hydrogen-bond donors (Lipinski definition) is 1. The molecule has 0 radical (unpaired) electrons. The Balaban J connectivity index is 2.36. The molecular weight excluding hydrogens is 240 g/mol. The number of likely N-dealkylation sites (N-methyl/N-ethyl adjacent to an activating group) is 1. The summed E-state index contributed by atoms with van der Waals surface area (Å²) in [5, 5.41) is 4.49. The van der Waals surface area contributed by atoms with Gasteiger partial charge in [-0.25, -0.2) is 0 Å². The van der Waals surface area contributed by atoms with Crippen LogP contribution in [0.2, 0.25) is 0 Å². The maximum Gasteiger partial charge on any atom is 0.264 e. The van der Waals surface area contributed by atoms with Crippen molar-refractivity contribution in [3.05, 3.63) is 22.4 Å². The summed E-state index contributed by atoms with van der Waals surface area (Å²) in [5.74, 6) is -0.323. The molecule has 0 spiro atoms. The van der Waals surface area contributed by atoms with Crippen LogP contribution in [0.4, 0.5) is 0 Å². The first-order chi connectivity index (χ1) is 8.15. The zero-order valence-electron chi connectivity index (χ0n) is 9.93. The first-order valence-electron chi connectivity index (χ1n) is 5.19. The van der Waals surface area contributed by atoms with Crippen molar-refractivity contribution >= 4 is 23.2 Å². The van der Waals surface area contributed by atoms with E-state index in [4.69, 9.17) is 4.74 Å². The van der Waals surface area contributed by atoms with Crippen LogP contribution in [0.15, 0.2) is 17.5 Å². The van der Waals surface area contributed by atoms with Crippen LogP contribution in [0, 0.1) is 0 Å². The smallest absolute Gasteiger partial charge is 0.264 e. The summed E-state index contributed by atoms with van der Waals surface area (Å²) in [7, 11) is 3.18. The van der Waals surface area contributed by atoms with E-state index in [-0.39, 0.29) is 18.4 Å². The maximum absolute atomic E-state index is 11.8. The van der Waals surface area contributed by atoms with Gasteiger partial charge in [-0.3, -0.25) is 9.59 Å². The quantitative estimate of drug-likeness (QED) is 0.758. The SMILES string of the molecule is COCCNC(=O)CN(C)C(=O)c1cccs1. The molecule has 0 saturated heterocycles. The zero-order valence-corrected chi connectivity index (χ0v) is 10.8. The van der Waals surface area contributed by atoms with Crippen molar-refractivity contribution in [3.63, 3.8) is 0 Å². The molecule has 1 rings (SSSR count). The maximum atomic E-state index is 11.8. The van der Waals surface area contributed by atoms with E-state index >= 15 is 0 Å². The minimum absolute atomic E-state index is 0.0560. The molecule has 0 aromatic carbocycles. The van der Waals surface area contributed by atoms with Crippen LogP contribution in [0.1, 0.15) is 9.67 Å². The Morgan fingerprint density at radius 3 is 2.88 bits per heavy atom. The molecule has 0 aliphatic carbocycles. The molecule has 2 amide bonds. The molecule has 5 nitrogen and oxygen atoms in total. The van der Waals surface area contributed by atoms with Crippen molar-refractivity contribution in [2.75, 3.05) is 33.9 Å². The van der Waals surface area contributed by atoms with E-state index in [1.165, 1.54) is 16.2 Å². The van der Waals surface area contributed by atoms with Crippen molar-refractivity contribution in [1.82, 2.24) is 10.2 Å². The van der Waals surface area contributed by atoms with Crippen LogP contribution < -0.4 is 5.32 Å². The van der Waals surface area contributed by atoms with Gasteiger partial charge in [0, 0.05) is 20.7 Å². The van der Waals surface area contributed by atoms with Crippen LogP contribution in [-0.2, 0) is 9.53 Å². The Labute approximate surface area is 104 Å². The van der Waals surface area contributed by atoms with Gasteiger partial charge in [0.2, 0.25) is 5.91 Å². The van der Waals surface area contributed by atoms with Gasteiger partial charge in [-0.05, 0) is 11.4 Å². The van der Waals surface area contributed by atoms with Crippen LogP contribution in [0.5, 0.6) is 0 Å². The molecule has 17 heavy (non-hydrogen) atoms. The zero-order chi connectivity index (χ0) is 12.7. The minimum Gasteiger partial charge on any atom is -0.383 e. The molecule has 0 fully saturated rings. The third kappa shape index (κ3) is 4.54. The largest absolute Gasteiger partial charge is 0.383 e. The third-order valence-corrected chi connectivity index (χ3v) is 2.95. The molecule has 0 bridgehead atoms. The number of hydrogen-bond acceptors (Lipinski definition) is 4. The standard InChI is InChI=1S/C11H16N2O3S/c1-13(8-10(14)12-5-6-16-2)11(15)9-4-3-7-17-9/h3-4,7H,5-6,8H2,1-2H3,(H,12,14). The van der Waals surface area contributed by atoms with E-state index in [2.05, 4.69) is 5.32 Å². The summed E-state index contributed by atoms with van der Waals surface area (Å²) in [6, 6.07) is 3.55. The second kappa shape index (κ2) is 7.03. The molecule has 1 aromatic heterocycles. The molecule has 1 heterocycles. The summed E-state index contributed by atoms with van der Waals surface area (Å²) in [5.41, 5.74) is 0. The molecule has 1 aromatic rings. The fourth-order valence-electron chi connectivity index (χ4n) is 1.22. The van der Waals surface area contributed by atoms with Gasteiger partial charge in [0.25, 0.3) is 5.91 Å².